The zero-order valence-electron chi connectivity index (χ0n) is 19.9. The fourth-order valence-corrected chi connectivity index (χ4v) is 5.56. The highest BCUT2D eigenvalue weighted by atomic mass is 79.9. The quantitative estimate of drug-likeness (QED) is 0.168. The molecular formula is C27H21BrClN5O2S2. The first-order chi connectivity index (χ1) is 18.5. The molecule has 0 fully saturated rings. The van der Waals surface area contributed by atoms with Crippen LogP contribution in [0.15, 0.2) is 94.7 Å². The van der Waals surface area contributed by atoms with Crippen LogP contribution in [0.25, 0.3) is 5.69 Å². The van der Waals surface area contributed by atoms with Crippen LogP contribution >= 0.6 is 50.6 Å². The van der Waals surface area contributed by atoms with Gasteiger partial charge in [0.2, 0.25) is 5.91 Å². The molecule has 7 nitrogen and oxygen atoms in total. The monoisotopic (exact) mass is 625 g/mol. The molecular weight excluding hydrogens is 606 g/mol. The number of nitrogens with zero attached hydrogens (tertiary/aromatic N) is 4. The van der Waals surface area contributed by atoms with Gasteiger partial charge in [0.25, 0.3) is 0 Å². The molecule has 192 valence electrons. The van der Waals surface area contributed by atoms with Crippen molar-refractivity contribution in [3.63, 3.8) is 0 Å². The highest BCUT2D eigenvalue weighted by molar-refractivity contribution is 9.10. The summed E-state index contributed by atoms with van der Waals surface area (Å²) in [6, 6.07) is 25.0. The number of nitrogens with one attached hydrogen (secondary N) is 1. The smallest absolute Gasteiger partial charge is 0.236 e. The average Bonchev–Trinajstić information content (AvgIpc) is 3.55. The molecule has 2 aromatic heterocycles. The normalized spacial score (nSPS) is 10.9. The summed E-state index contributed by atoms with van der Waals surface area (Å²) >= 11 is 12.2. The SMILES string of the molecule is O=C(CSc1nnc(COc2ccc(Cl)cc2)n1-c1ccccc1)Nc1ncc(Cc2ccc(Br)cc2)s1. The number of amides is 1. The van der Waals surface area contributed by atoms with E-state index < -0.39 is 0 Å². The lowest BCUT2D eigenvalue weighted by atomic mass is 10.1. The summed E-state index contributed by atoms with van der Waals surface area (Å²) in [6.07, 6.45) is 2.56. The molecule has 0 atom stereocenters. The van der Waals surface area contributed by atoms with Gasteiger partial charge in [0.15, 0.2) is 16.1 Å². The number of thiazole rings is 1. The molecule has 1 N–H and O–H groups in total. The Morgan fingerprint density at radius 2 is 1.79 bits per heavy atom. The second-order valence-corrected chi connectivity index (χ2v) is 11.5. The van der Waals surface area contributed by atoms with E-state index in [1.165, 1.54) is 28.7 Å². The molecule has 1 amide bonds. The van der Waals surface area contributed by atoms with Gasteiger partial charge in [0.1, 0.15) is 12.4 Å². The summed E-state index contributed by atoms with van der Waals surface area (Å²) in [5.41, 5.74) is 2.06. The van der Waals surface area contributed by atoms with E-state index in [1.807, 2.05) is 47.0 Å². The molecule has 0 radical (unpaired) electrons. The van der Waals surface area contributed by atoms with Crippen LogP contribution in [0.4, 0.5) is 5.13 Å². The van der Waals surface area contributed by atoms with Gasteiger partial charge in [-0.3, -0.25) is 9.36 Å². The van der Waals surface area contributed by atoms with Crippen molar-refractivity contribution in [2.45, 2.75) is 18.2 Å². The van der Waals surface area contributed by atoms with Crippen LogP contribution in [-0.4, -0.2) is 31.4 Å². The number of benzene rings is 3. The summed E-state index contributed by atoms with van der Waals surface area (Å²) in [6.45, 7) is 0.205. The molecule has 3 aromatic carbocycles. The van der Waals surface area contributed by atoms with Gasteiger partial charge in [0, 0.05) is 32.7 Å². The number of ether oxygens (including phenoxy) is 1. The van der Waals surface area contributed by atoms with Crippen molar-refractivity contribution in [1.29, 1.82) is 0 Å². The van der Waals surface area contributed by atoms with E-state index in [0.717, 1.165) is 21.5 Å². The number of thioether (sulfide) groups is 1. The maximum atomic E-state index is 12.7. The molecule has 38 heavy (non-hydrogen) atoms. The van der Waals surface area contributed by atoms with Crippen LogP contribution in [0.2, 0.25) is 5.02 Å². The number of hydrogen-bond acceptors (Lipinski definition) is 7. The van der Waals surface area contributed by atoms with Crippen molar-refractivity contribution in [3.05, 3.63) is 111 Å². The Hall–Kier alpha value is -3.18. The molecule has 0 unspecified atom stereocenters. The number of aromatic nitrogens is 4. The van der Waals surface area contributed by atoms with Gasteiger partial charge in [-0.05, 0) is 54.1 Å². The first-order valence-electron chi connectivity index (χ1n) is 11.5. The number of para-hydroxylation sites is 1. The van der Waals surface area contributed by atoms with Gasteiger partial charge in [-0.1, -0.05) is 69.6 Å². The first kappa shape index (κ1) is 26.4. The Morgan fingerprint density at radius 1 is 1.03 bits per heavy atom. The zero-order valence-corrected chi connectivity index (χ0v) is 23.9. The largest absolute Gasteiger partial charge is 0.486 e. The van der Waals surface area contributed by atoms with Crippen LogP contribution < -0.4 is 10.1 Å². The molecule has 0 aliphatic carbocycles. The Bertz CT molecular complexity index is 1510. The zero-order chi connectivity index (χ0) is 26.3. The molecule has 0 aliphatic heterocycles. The lowest BCUT2D eigenvalue weighted by molar-refractivity contribution is -0.113. The fourth-order valence-electron chi connectivity index (χ4n) is 3.54. The highest BCUT2D eigenvalue weighted by Crippen LogP contribution is 2.25. The first-order valence-corrected chi connectivity index (χ1v) is 14.5. The molecule has 5 rings (SSSR count). The highest BCUT2D eigenvalue weighted by Gasteiger charge is 2.17. The van der Waals surface area contributed by atoms with Crippen LogP contribution in [0, 0.1) is 0 Å². The summed E-state index contributed by atoms with van der Waals surface area (Å²) < 4.78 is 8.84. The Morgan fingerprint density at radius 3 is 2.55 bits per heavy atom. The van der Waals surface area contributed by atoms with E-state index in [1.54, 1.807) is 30.5 Å². The van der Waals surface area contributed by atoms with E-state index in [9.17, 15) is 4.79 Å². The average molecular weight is 627 g/mol. The van der Waals surface area contributed by atoms with Gasteiger partial charge in [0.05, 0.1) is 5.75 Å². The van der Waals surface area contributed by atoms with Gasteiger partial charge >= 0.3 is 0 Å². The van der Waals surface area contributed by atoms with Crippen molar-refractivity contribution < 1.29 is 9.53 Å². The maximum Gasteiger partial charge on any atom is 0.236 e. The van der Waals surface area contributed by atoms with Gasteiger partial charge in [-0.2, -0.15) is 0 Å². The number of anilines is 1. The van der Waals surface area contributed by atoms with Crippen molar-refractivity contribution in [2.75, 3.05) is 11.1 Å². The molecule has 5 aromatic rings. The van der Waals surface area contributed by atoms with E-state index >= 15 is 0 Å². The van der Waals surface area contributed by atoms with Crippen molar-refractivity contribution in [1.82, 2.24) is 19.7 Å². The number of rotatable bonds is 10. The van der Waals surface area contributed by atoms with E-state index in [-0.39, 0.29) is 18.3 Å². The summed E-state index contributed by atoms with van der Waals surface area (Å²) in [5, 5.41) is 13.4. The summed E-state index contributed by atoms with van der Waals surface area (Å²) in [7, 11) is 0. The third-order valence-electron chi connectivity index (χ3n) is 5.32. The van der Waals surface area contributed by atoms with E-state index in [0.29, 0.717) is 26.9 Å². The van der Waals surface area contributed by atoms with E-state index in [2.05, 4.69) is 48.6 Å². The van der Waals surface area contributed by atoms with Crippen molar-refractivity contribution in [3.8, 4) is 11.4 Å². The summed E-state index contributed by atoms with van der Waals surface area (Å²) in [4.78, 5) is 18.2. The molecule has 2 heterocycles. The van der Waals surface area contributed by atoms with E-state index in [4.69, 9.17) is 16.3 Å². The van der Waals surface area contributed by atoms with Gasteiger partial charge < -0.3 is 10.1 Å². The van der Waals surface area contributed by atoms with Crippen LogP contribution in [-0.2, 0) is 17.8 Å². The predicted octanol–water partition coefficient (Wildman–Crippen LogP) is 7.04. The van der Waals surface area contributed by atoms with Crippen LogP contribution in [0.1, 0.15) is 16.3 Å². The van der Waals surface area contributed by atoms with Crippen molar-refractivity contribution >= 4 is 61.7 Å². The molecule has 0 spiro atoms. The lowest BCUT2D eigenvalue weighted by Gasteiger charge is -2.11. The second-order valence-electron chi connectivity index (χ2n) is 8.08. The third-order valence-corrected chi connectivity index (χ3v) is 7.94. The minimum atomic E-state index is -0.166. The Labute approximate surface area is 241 Å². The minimum absolute atomic E-state index is 0.157. The number of carbonyl (C=O) groups excluding carboxylic acids is 1. The molecule has 0 bridgehead atoms. The molecule has 11 heteroatoms. The lowest BCUT2D eigenvalue weighted by Crippen LogP contribution is -2.14. The van der Waals surface area contributed by atoms with Gasteiger partial charge in [-0.25, -0.2) is 4.98 Å². The standard InChI is InChI=1S/C27H21BrClN5O2S2/c28-19-8-6-18(7-9-19)14-23-15-30-26(38-23)31-25(35)17-37-27-33-32-24(34(27)21-4-2-1-3-5-21)16-36-22-12-10-20(29)11-13-22/h1-13,15H,14,16-17H2,(H,30,31,35). The Balaban J connectivity index is 1.23. The number of halogens is 2. The van der Waals surface area contributed by atoms with Crippen LogP contribution in [0.3, 0.4) is 0 Å². The fraction of sp³-hybridized carbons (Fsp3) is 0.111. The molecule has 0 aliphatic rings. The molecule has 0 saturated heterocycles. The maximum absolute atomic E-state index is 12.7. The Kier molecular flexibility index (Phi) is 8.75. The van der Waals surface area contributed by atoms with Crippen LogP contribution in [0.5, 0.6) is 5.75 Å². The van der Waals surface area contributed by atoms with Gasteiger partial charge in [-0.15, -0.1) is 21.5 Å². The predicted molar refractivity (Wildman–Crippen MR) is 156 cm³/mol. The second kappa shape index (κ2) is 12.6. The summed E-state index contributed by atoms with van der Waals surface area (Å²) in [5.74, 6) is 1.28. The minimum Gasteiger partial charge on any atom is -0.486 e. The third kappa shape index (κ3) is 7.02. The molecule has 0 saturated carbocycles. The van der Waals surface area contributed by atoms with Crippen molar-refractivity contribution in [2.24, 2.45) is 0 Å². The topological polar surface area (TPSA) is 81.9 Å². The number of hydrogen-bond donors (Lipinski definition) is 1. The number of carbonyl (C=O) groups is 1.